The van der Waals surface area contributed by atoms with Gasteiger partial charge in [-0.05, 0) is 55.0 Å². The third-order valence-electron chi connectivity index (χ3n) is 4.45. The summed E-state index contributed by atoms with van der Waals surface area (Å²) < 4.78 is 10.8. The first-order chi connectivity index (χ1) is 15.5. The van der Waals surface area contributed by atoms with E-state index >= 15 is 0 Å². The minimum absolute atomic E-state index is 0.201. The molecule has 0 aliphatic rings. The largest absolute Gasteiger partial charge is 0.497 e. The van der Waals surface area contributed by atoms with E-state index < -0.39 is 5.91 Å². The molecule has 0 radical (unpaired) electrons. The number of amides is 2. The molecule has 0 heterocycles. The van der Waals surface area contributed by atoms with Gasteiger partial charge in [0.25, 0.3) is 11.8 Å². The van der Waals surface area contributed by atoms with Crippen LogP contribution in [0, 0.1) is 6.92 Å². The van der Waals surface area contributed by atoms with Crippen molar-refractivity contribution in [3.63, 3.8) is 0 Å². The van der Waals surface area contributed by atoms with Gasteiger partial charge in [0.05, 0.1) is 13.3 Å². The predicted octanol–water partition coefficient (Wildman–Crippen LogP) is 4.44. The van der Waals surface area contributed by atoms with E-state index in [9.17, 15) is 9.59 Å². The standard InChI is InChI=1S/C24H22ClN3O4/c1-16-6-3-4-9-21(16)27-23(29)15-32-22-11-10-19(25)12-18(22)14-26-28-24(30)17-7-5-8-20(13-17)31-2/h3-14H,15H2,1-2H3,(H,27,29)(H,28,30)/b26-14+. The van der Waals surface area contributed by atoms with Crippen molar-refractivity contribution in [2.24, 2.45) is 5.10 Å². The molecule has 0 fully saturated rings. The van der Waals surface area contributed by atoms with E-state index in [2.05, 4.69) is 15.8 Å². The van der Waals surface area contributed by atoms with E-state index in [0.29, 0.717) is 27.6 Å². The molecule has 0 saturated carbocycles. The summed E-state index contributed by atoms with van der Waals surface area (Å²) in [7, 11) is 1.52. The number of benzene rings is 3. The van der Waals surface area contributed by atoms with Crippen LogP contribution in [0.15, 0.2) is 71.8 Å². The molecule has 0 aliphatic carbocycles. The number of ether oxygens (including phenoxy) is 2. The molecular weight excluding hydrogens is 430 g/mol. The number of rotatable bonds is 8. The molecule has 2 N–H and O–H groups in total. The Balaban J connectivity index is 1.63. The molecule has 0 atom stereocenters. The highest BCUT2D eigenvalue weighted by atomic mass is 35.5. The smallest absolute Gasteiger partial charge is 0.271 e. The van der Waals surface area contributed by atoms with Crippen LogP contribution in [0.4, 0.5) is 5.69 Å². The van der Waals surface area contributed by atoms with Gasteiger partial charge in [-0.25, -0.2) is 5.43 Å². The van der Waals surface area contributed by atoms with Crippen LogP contribution in [0.3, 0.4) is 0 Å². The van der Waals surface area contributed by atoms with Crippen molar-refractivity contribution in [2.75, 3.05) is 19.0 Å². The van der Waals surface area contributed by atoms with Gasteiger partial charge >= 0.3 is 0 Å². The first-order valence-electron chi connectivity index (χ1n) is 9.71. The van der Waals surface area contributed by atoms with Gasteiger partial charge in [0.2, 0.25) is 0 Å². The first-order valence-corrected chi connectivity index (χ1v) is 10.1. The molecule has 0 aromatic heterocycles. The Morgan fingerprint density at radius 1 is 1.06 bits per heavy atom. The minimum atomic E-state index is -0.401. The Morgan fingerprint density at radius 3 is 2.66 bits per heavy atom. The number of para-hydroxylation sites is 1. The number of carbonyl (C=O) groups excluding carboxylic acids is 2. The maximum Gasteiger partial charge on any atom is 0.271 e. The predicted molar refractivity (Wildman–Crippen MR) is 125 cm³/mol. The summed E-state index contributed by atoms with van der Waals surface area (Å²) >= 11 is 6.08. The molecule has 0 aliphatic heterocycles. The number of carbonyl (C=O) groups is 2. The molecule has 2 amide bonds. The van der Waals surface area contributed by atoms with Crippen LogP contribution in [0.2, 0.25) is 5.02 Å². The van der Waals surface area contributed by atoms with E-state index in [-0.39, 0.29) is 12.5 Å². The molecule has 0 spiro atoms. The van der Waals surface area contributed by atoms with E-state index in [1.807, 2.05) is 31.2 Å². The van der Waals surface area contributed by atoms with Crippen molar-refractivity contribution in [1.82, 2.24) is 5.43 Å². The van der Waals surface area contributed by atoms with Gasteiger partial charge in [-0.1, -0.05) is 35.9 Å². The number of nitrogens with one attached hydrogen (secondary N) is 2. The second kappa shape index (κ2) is 11.0. The zero-order chi connectivity index (χ0) is 22.9. The van der Waals surface area contributed by atoms with Crippen molar-refractivity contribution in [3.05, 3.63) is 88.4 Å². The number of hydrogen-bond acceptors (Lipinski definition) is 5. The fourth-order valence-corrected chi connectivity index (χ4v) is 2.96. The van der Waals surface area contributed by atoms with Crippen LogP contribution in [0.25, 0.3) is 0 Å². The van der Waals surface area contributed by atoms with Gasteiger partial charge in [0.1, 0.15) is 11.5 Å². The average Bonchev–Trinajstić information content (AvgIpc) is 2.80. The normalized spacial score (nSPS) is 10.6. The van der Waals surface area contributed by atoms with Gasteiger partial charge in [-0.3, -0.25) is 9.59 Å². The molecular formula is C24H22ClN3O4. The van der Waals surface area contributed by atoms with Crippen LogP contribution in [0.5, 0.6) is 11.5 Å². The molecule has 0 bridgehead atoms. The van der Waals surface area contributed by atoms with Crippen molar-refractivity contribution < 1.29 is 19.1 Å². The van der Waals surface area contributed by atoms with Crippen LogP contribution in [-0.4, -0.2) is 31.7 Å². The fraction of sp³-hybridized carbons (Fsp3) is 0.125. The molecule has 164 valence electrons. The van der Waals surface area contributed by atoms with Gasteiger partial charge < -0.3 is 14.8 Å². The van der Waals surface area contributed by atoms with Crippen molar-refractivity contribution >= 4 is 35.3 Å². The number of anilines is 1. The monoisotopic (exact) mass is 451 g/mol. The van der Waals surface area contributed by atoms with E-state index in [0.717, 1.165) is 11.3 Å². The highest BCUT2D eigenvalue weighted by molar-refractivity contribution is 6.30. The Labute approximate surface area is 191 Å². The molecule has 3 rings (SSSR count). The number of nitrogens with zero attached hydrogens (tertiary/aromatic N) is 1. The fourth-order valence-electron chi connectivity index (χ4n) is 2.78. The molecule has 3 aromatic carbocycles. The second-order valence-corrected chi connectivity index (χ2v) is 7.20. The molecule has 7 nitrogen and oxygen atoms in total. The molecule has 0 unspecified atom stereocenters. The van der Waals surface area contributed by atoms with Gasteiger partial charge in [0.15, 0.2) is 6.61 Å². The summed E-state index contributed by atoms with van der Waals surface area (Å²) in [5, 5.41) is 7.24. The van der Waals surface area contributed by atoms with Crippen LogP contribution in [-0.2, 0) is 4.79 Å². The second-order valence-electron chi connectivity index (χ2n) is 6.77. The summed E-state index contributed by atoms with van der Waals surface area (Å²) in [5.74, 6) is 0.260. The minimum Gasteiger partial charge on any atom is -0.497 e. The Bertz CT molecular complexity index is 1150. The molecule has 8 heteroatoms. The lowest BCUT2D eigenvalue weighted by Gasteiger charge is -2.11. The summed E-state index contributed by atoms with van der Waals surface area (Å²) in [5.41, 5.74) is 5.03. The number of aryl methyl sites for hydroxylation is 1. The number of halogens is 1. The quantitative estimate of drug-likeness (QED) is 0.391. The first kappa shape index (κ1) is 22.8. The lowest BCUT2D eigenvalue weighted by Crippen LogP contribution is -2.21. The average molecular weight is 452 g/mol. The Hall–Kier alpha value is -3.84. The molecule has 0 saturated heterocycles. The number of hydrazone groups is 1. The van der Waals surface area contributed by atoms with Crippen LogP contribution < -0.4 is 20.2 Å². The van der Waals surface area contributed by atoms with E-state index in [1.165, 1.54) is 13.3 Å². The maximum atomic E-state index is 12.3. The highest BCUT2D eigenvalue weighted by Crippen LogP contribution is 2.22. The van der Waals surface area contributed by atoms with Crippen molar-refractivity contribution in [1.29, 1.82) is 0 Å². The van der Waals surface area contributed by atoms with Gasteiger partial charge in [-0.15, -0.1) is 0 Å². The summed E-state index contributed by atoms with van der Waals surface area (Å²) in [6.07, 6.45) is 1.40. The van der Waals surface area contributed by atoms with Crippen molar-refractivity contribution in [2.45, 2.75) is 6.92 Å². The number of methoxy groups -OCH3 is 1. The zero-order valence-corrected chi connectivity index (χ0v) is 18.3. The zero-order valence-electron chi connectivity index (χ0n) is 17.6. The summed E-state index contributed by atoms with van der Waals surface area (Å²) in [6.45, 7) is 1.71. The van der Waals surface area contributed by atoms with Gasteiger partial charge in [0, 0.05) is 21.8 Å². The Morgan fingerprint density at radius 2 is 1.88 bits per heavy atom. The van der Waals surface area contributed by atoms with E-state index in [1.54, 1.807) is 42.5 Å². The topological polar surface area (TPSA) is 89.0 Å². The summed E-state index contributed by atoms with van der Waals surface area (Å²) in [6, 6.07) is 19.1. The highest BCUT2D eigenvalue weighted by Gasteiger charge is 2.09. The molecule has 3 aromatic rings. The number of hydrogen-bond donors (Lipinski definition) is 2. The third kappa shape index (κ3) is 6.33. The lowest BCUT2D eigenvalue weighted by atomic mass is 10.2. The van der Waals surface area contributed by atoms with Crippen LogP contribution in [0.1, 0.15) is 21.5 Å². The molecule has 32 heavy (non-hydrogen) atoms. The van der Waals surface area contributed by atoms with Gasteiger partial charge in [-0.2, -0.15) is 5.10 Å². The summed E-state index contributed by atoms with van der Waals surface area (Å²) in [4.78, 5) is 24.5. The van der Waals surface area contributed by atoms with Crippen LogP contribution >= 0.6 is 11.6 Å². The SMILES string of the molecule is COc1cccc(C(=O)N/N=C/c2cc(Cl)ccc2OCC(=O)Nc2ccccc2C)c1. The third-order valence-corrected chi connectivity index (χ3v) is 4.69. The lowest BCUT2D eigenvalue weighted by molar-refractivity contribution is -0.118. The van der Waals surface area contributed by atoms with E-state index in [4.69, 9.17) is 21.1 Å². The maximum absolute atomic E-state index is 12.3. The van der Waals surface area contributed by atoms with Crippen molar-refractivity contribution in [3.8, 4) is 11.5 Å². The Kier molecular flexibility index (Phi) is 7.83.